The highest BCUT2D eigenvalue weighted by molar-refractivity contribution is 7.18. The highest BCUT2D eigenvalue weighted by Crippen LogP contribution is 2.34. The number of hydrogen-bond acceptors (Lipinski definition) is 6. The smallest absolute Gasteiger partial charge is 0.245 e. The molecule has 0 spiro atoms. The van der Waals surface area contributed by atoms with Crippen LogP contribution in [0.5, 0.6) is 0 Å². The zero-order valence-electron chi connectivity index (χ0n) is 11.9. The number of aromatic nitrogens is 1. The second-order valence-electron chi connectivity index (χ2n) is 4.90. The van der Waals surface area contributed by atoms with Crippen molar-refractivity contribution in [2.75, 3.05) is 25.1 Å². The van der Waals surface area contributed by atoms with Crippen LogP contribution in [0, 0.1) is 13.8 Å². The topological polar surface area (TPSA) is 63.2 Å². The number of nitrogens with zero attached hydrogens (tertiary/aromatic N) is 1. The van der Waals surface area contributed by atoms with Crippen molar-refractivity contribution in [3.63, 3.8) is 0 Å². The molecule has 0 aromatic carbocycles. The zero-order valence-corrected chi connectivity index (χ0v) is 13.6. The fourth-order valence-corrected chi connectivity index (χ4v) is 3.98. The van der Waals surface area contributed by atoms with Crippen molar-refractivity contribution in [2.45, 2.75) is 19.9 Å². The minimum Gasteiger partial charge on any atom is -0.378 e. The lowest BCUT2D eigenvalue weighted by Crippen LogP contribution is -2.48. The molecule has 1 atom stereocenters. The first-order chi connectivity index (χ1) is 10.1. The van der Waals surface area contributed by atoms with E-state index in [0.29, 0.717) is 24.9 Å². The Morgan fingerprint density at radius 2 is 2.29 bits per heavy atom. The molecule has 1 fully saturated rings. The largest absolute Gasteiger partial charge is 0.378 e. The molecule has 0 saturated carbocycles. The predicted octanol–water partition coefficient (Wildman–Crippen LogP) is 2.42. The van der Waals surface area contributed by atoms with Crippen molar-refractivity contribution in [1.82, 2.24) is 10.3 Å². The Morgan fingerprint density at radius 1 is 1.43 bits per heavy atom. The van der Waals surface area contributed by atoms with E-state index >= 15 is 0 Å². The lowest BCUT2D eigenvalue weighted by molar-refractivity contribution is -0.120. The quantitative estimate of drug-likeness (QED) is 0.910. The number of morpholine rings is 1. The maximum Gasteiger partial charge on any atom is 0.245 e. The summed E-state index contributed by atoms with van der Waals surface area (Å²) < 4.78 is 5.30. The Kier molecular flexibility index (Phi) is 4.34. The fourth-order valence-electron chi connectivity index (χ4n) is 2.17. The Bertz CT molecular complexity index is 644. The maximum absolute atomic E-state index is 12.1. The van der Waals surface area contributed by atoms with Crippen molar-refractivity contribution in [2.24, 2.45) is 0 Å². The average Bonchev–Trinajstić information content (AvgIpc) is 3.06. The number of anilines is 1. The van der Waals surface area contributed by atoms with Gasteiger partial charge in [0.2, 0.25) is 5.91 Å². The molecule has 1 amide bonds. The van der Waals surface area contributed by atoms with Crippen LogP contribution in [0.3, 0.4) is 0 Å². The van der Waals surface area contributed by atoms with E-state index in [1.807, 2.05) is 6.92 Å². The second-order valence-corrected chi connectivity index (χ2v) is 7.40. The summed E-state index contributed by atoms with van der Waals surface area (Å²) in [4.78, 5) is 20.2. The Balaban J connectivity index is 1.73. The van der Waals surface area contributed by atoms with Crippen molar-refractivity contribution in [3.8, 4) is 10.6 Å². The van der Waals surface area contributed by atoms with Gasteiger partial charge in [-0.2, -0.15) is 0 Å². The van der Waals surface area contributed by atoms with E-state index in [1.54, 1.807) is 11.3 Å². The van der Waals surface area contributed by atoms with Gasteiger partial charge in [0.05, 0.1) is 23.8 Å². The molecule has 3 rings (SSSR count). The molecule has 21 heavy (non-hydrogen) atoms. The molecule has 1 aliphatic rings. The van der Waals surface area contributed by atoms with E-state index in [4.69, 9.17) is 4.74 Å². The van der Waals surface area contributed by atoms with E-state index in [1.165, 1.54) is 16.2 Å². The van der Waals surface area contributed by atoms with Crippen LogP contribution in [0.25, 0.3) is 10.6 Å². The summed E-state index contributed by atoms with van der Waals surface area (Å²) in [5, 5.41) is 6.66. The molecule has 2 N–H and O–H groups in total. The molecule has 0 aliphatic carbocycles. The molecule has 0 bridgehead atoms. The molecule has 1 unspecified atom stereocenters. The van der Waals surface area contributed by atoms with Crippen LogP contribution in [-0.4, -0.2) is 36.7 Å². The lowest BCUT2D eigenvalue weighted by Gasteiger charge is -2.22. The van der Waals surface area contributed by atoms with Crippen LogP contribution in [0.4, 0.5) is 5.13 Å². The standard InChI is InChI=1S/C14H17N3O2S2/c1-8-3-4-11(20-8)12-9(2)21-14(16-12)17-13(18)10-7-19-6-5-15-10/h3-4,10,15H,5-7H2,1-2H3,(H,16,17,18). The van der Waals surface area contributed by atoms with Gasteiger partial charge in [-0.3, -0.25) is 4.79 Å². The van der Waals surface area contributed by atoms with Crippen molar-refractivity contribution < 1.29 is 9.53 Å². The highest BCUT2D eigenvalue weighted by atomic mass is 32.1. The van der Waals surface area contributed by atoms with Gasteiger partial charge in [0.1, 0.15) is 6.04 Å². The molecule has 112 valence electrons. The summed E-state index contributed by atoms with van der Waals surface area (Å²) in [6.45, 7) is 5.87. The first kappa shape index (κ1) is 14.6. The summed E-state index contributed by atoms with van der Waals surface area (Å²) >= 11 is 3.22. The van der Waals surface area contributed by atoms with E-state index in [2.05, 4.69) is 34.7 Å². The van der Waals surface area contributed by atoms with Gasteiger partial charge >= 0.3 is 0 Å². The first-order valence-electron chi connectivity index (χ1n) is 6.80. The van der Waals surface area contributed by atoms with Crippen molar-refractivity contribution >= 4 is 33.7 Å². The van der Waals surface area contributed by atoms with Gasteiger partial charge in [-0.15, -0.1) is 22.7 Å². The molecule has 1 saturated heterocycles. The van der Waals surface area contributed by atoms with E-state index in [9.17, 15) is 4.79 Å². The Labute approximate surface area is 131 Å². The fraction of sp³-hybridized carbons (Fsp3) is 0.429. The molecule has 5 nitrogen and oxygen atoms in total. The monoisotopic (exact) mass is 323 g/mol. The number of carbonyl (C=O) groups is 1. The SMILES string of the molecule is Cc1ccc(-c2nc(NC(=O)C3COCCN3)sc2C)s1. The van der Waals surface area contributed by atoms with Crippen molar-refractivity contribution in [1.29, 1.82) is 0 Å². The molecule has 3 heterocycles. The summed E-state index contributed by atoms with van der Waals surface area (Å²) in [6, 6.07) is 3.86. The Hall–Kier alpha value is -1.28. The van der Waals surface area contributed by atoms with Crippen LogP contribution in [0.2, 0.25) is 0 Å². The van der Waals surface area contributed by atoms with Crippen LogP contribution in [0.15, 0.2) is 12.1 Å². The number of hydrogen-bond donors (Lipinski definition) is 2. The minimum atomic E-state index is -0.296. The molecule has 1 aliphatic heterocycles. The minimum absolute atomic E-state index is 0.0858. The number of aryl methyl sites for hydroxylation is 2. The average molecular weight is 323 g/mol. The summed E-state index contributed by atoms with van der Waals surface area (Å²) in [7, 11) is 0. The number of rotatable bonds is 3. The van der Waals surface area contributed by atoms with Crippen molar-refractivity contribution in [3.05, 3.63) is 21.9 Å². The van der Waals surface area contributed by atoms with Gasteiger partial charge < -0.3 is 15.4 Å². The number of thiophene rings is 1. The van der Waals surface area contributed by atoms with Gasteiger partial charge in [-0.05, 0) is 26.0 Å². The lowest BCUT2D eigenvalue weighted by atomic mass is 10.2. The second kappa shape index (κ2) is 6.23. The Morgan fingerprint density at radius 3 is 2.95 bits per heavy atom. The van der Waals surface area contributed by atoms with Gasteiger partial charge in [0.15, 0.2) is 5.13 Å². The van der Waals surface area contributed by atoms with E-state index < -0.39 is 0 Å². The normalized spacial score (nSPS) is 18.7. The highest BCUT2D eigenvalue weighted by Gasteiger charge is 2.22. The van der Waals surface area contributed by atoms with Gasteiger partial charge in [-0.1, -0.05) is 0 Å². The molecule has 2 aromatic rings. The third-order valence-electron chi connectivity index (χ3n) is 3.24. The number of ether oxygens (including phenoxy) is 1. The van der Waals surface area contributed by atoms with E-state index in [0.717, 1.165) is 15.4 Å². The van der Waals surface area contributed by atoms with Gasteiger partial charge in [0.25, 0.3) is 0 Å². The summed E-state index contributed by atoms with van der Waals surface area (Å²) in [5.41, 5.74) is 0.959. The molecular weight excluding hydrogens is 306 g/mol. The number of thiazole rings is 1. The first-order valence-corrected chi connectivity index (χ1v) is 8.43. The van der Waals surface area contributed by atoms with Crippen LogP contribution in [-0.2, 0) is 9.53 Å². The van der Waals surface area contributed by atoms with Crippen LogP contribution >= 0.6 is 22.7 Å². The molecular formula is C14H17N3O2S2. The molecule has 2 aromatic heterocycles. The summed E-state index contributed by atoms with van der Waals surface area (Å²) in [6.07, 6.45) is 0. The predicted molar refractivity (Wildman–Crippen MR) is 86.1 cm³/mol. The maximum atomic E-state index is 12.1. The molecule has 0 radical (unpaired) electrons. The van der Waals surface area contributed by atoms with Crippen LogP contribution < -0.4 is 10.6 Å². The molecule has 7 heteroatoms. The number of amides is 1. The summed E-state index contributed by atoms with van der Waals surface area (Å²) in [5.74, 6) is -0.0858. The van der Waals surface area contributed by atoms with Gasteiger partial charge in [0, 0.05) is 16.3 Å². The number of nitrogens with one attached hydrogen (secondary N) is 2. The van der Waals surface area contributed by atoms with E-state index in [-0.39, 0.29) is 11.9 Å². The zero-order chi connectivity index (χ0) is 14.8. The third-order valence-corrected chi connectivity index (χ3v) is 5.13. The van der Waals surface area contributed by atoms with Crippen LogP contribution in [0.1, 0.15) is 9.75 Å². The third kappa shape index (κ3) is 3.32. The van der Waals surface area contributed by atoms with Gasteiger partial charge in [-0.25, -0.2) is 4.98 Å². The number of carbonyl (C=O) groups excluding carboxylic acids is 1.